The average Bonchev–Trinajstić information content (AvgIpc) is 2.72. The van der Waals surface area contributed by atoms with Gasteiger partial charge in [-0.15, -0.1) is 0 Å². The Hall–Kier alpha value is -2.74. The number of nitrogens with zero attached hydrogens (tertiary/aromatic N) is 1. The van der Waals surface area contributed by atoms with Crippen molar-refractivity contribution >= 4 is 21.6 Å². The summed E-state index contributed by atoms with van der Waals surface area (Å²) in [7, 11) is -2.38. The van der Waals surface area contributed by atoms with Gasteiger partial charge in [-0.1, -0.05) is 26.0 Å². The number of methoxy groups -OCH3 is 1. The third kappa shape index (κ3) is 4.32. The number of anilines is 1. The van der Waals surface area contributed by atoms with E-state index in [0.29, 0.717) is 17.2 Å². The summed E-state index contributed by atoms with van der Waals surface area (Å²) >= 11 is 0. The predicted octanol–water partition coefficient (Wildman–Crippen LogP) is 2.81. The van der Waals surface area contributed by atoms with Crippen LogP contribution in [-0.2, 0) is 14.8 Å². The van der Waals surface area contributed by atoms with Crippen LogP contribution in [0.1, 0.15) is 20.8 Å². The lowest BCUT2D eigenvalue weighted by Gasteiger charge is -2.35. The maximum atomic E-state index is 13.3. The molecule has 1 aliphatic heterocycles. The molecule has 1 aliphatic rings. The standard InChI is InChI=1S/C21H26N2O5S/c1-14(2)15(3)22-21(24)20-13-23(18-7-5-6-8-19(18)28-20)29(25,26)17-11-9-16(27-4)10-12-17/h5-12,14-15,20H,13H2,1-4H3,(H,22,24)/t15-,20-/m0/s1. The highest BCUT2D eigenvalue weighted by molar-refractivity contribution is 7.92. The number of nitrogens with one attached hydrogen (secondary N) is 1. The number of benzene rings is 2. The fraction of sp³-hybridized carbons (Fsp3) is 0.381. The highest BCUT2D eigenvalue weighted by Crippen LogP contribution is 2.37. The fourth-order valence-electron chi connectivity index (χ4n) is 2.93. The van der Waals surface area contributed by atoms with E-state index in [4.69, 9.17) is 9.47 Å². The summed E-state index contributed by atoms with van der Waals surface area (Å²) in [5.74, 6) is 0.823. The first-order chi connectivity index (χ1) is 13.7. The second-order valence-electron chi connectivity index (χ2n) is 7.33. The van der Waals surface area contributed by atoms with E-state index >= 15 is 0 Å². The molecular formula is C21H26N2O5S. The van der Waals surface area contributed by atoms with Gasteiger partial charge in [0.1, 0.15) is 11.5 Å². The van der Waals surface area contributed by atoms with Crippen LogP contribution in [-0.4, -0.2) is 40.1 Å². The van der Waals surface area contributed by atoms with Crippen LogP contribution in [0.2, 0.25) is 0 Å². The highest BCUT2D eigenvalue weighted by atomic mass is 32.2. The Morgan fingerprint density at radius 1 is 1.14 bits per heavy atom. The largest absolute Gasteiger partial charge is 0.497 e. The van der Waals surface area contributed by atoms with E-state index in [1.165, 1.54) is 23.5 Å². The van der Waals surface area contributed by atoms with Crippen molar-refractivity contribution in [1.82, 2.24) is 5.32 Å². The van der Waals surface area contributed by atoms with Crippen molar-refractivity contribution < 1.29 is 22.7 Å². The number of hydrogen-bond donors (Lipinski definition) is 1. The van der Waals surface area contributed by atoms with Crippen LogP contribution in [0.15, 0.2) is 53.4 Å². The topological polar surface area (TPSA) is 84.9 Å². The number of carbonyl (C=O) groups excluding carboxylic acids is 1. The lowest BCUT2D eigenvalue weighted by Crippen LogP contribution is -2.52. The Morgan fingerprint density at radius 3 is 2.41 bits per heavy atom. The minimum atomic E-state index is -3.89. The Balaban J connectivity index is 1.95. The smallest absolute Gasteiger partial charge is 0.264 e. The zero-order chi connectivity index (χ0) is 21.2. The third-order valence-corrected chi connectivity index (χ3v) is 6.84. The molecule has 0 saturated heterocycles. The van der Waals surface area contributed by atoms with Crippen molar-refractivity contribution in [2.75, 3.05) is 18.0 Å². The molecule has 0 spiro atoms. The summed E-state index contributed by atoms with van der Waals surface area (Å²) in [5.41, 5.74) is 0.407. The van der Waals surface area contributed by atoms with Crippen LogP contribution < -0.4 is 19.1 Å². The molecule has 0 fully saturated rings. The van der Waals surface area contributed by atoms with E-state index in [-0.39, 0.29) is 29.3 Å². The molecule has 0 unspecified atom stereocenters. The Labute approximate surface area is 171 Å². The van der Waals surface area contributed by atoms with Gasteiger partial charge in [0.2, 0.25) is 0 Å². The number of hydrogen-bond acceptors (Lipinski definition) is 5. The maximum absolute atomic E-state index is 13.3. The molecule has 3 rings (SSSR count). The van der Waals surface area contributed by atoms with Gasteiger partial charge in [-0.05, 0) is 49.2 Å². The van der Waals surface area contributed by atoms with E-state index in [0.717, 1.165) is 0 Å². The van der Waals surface area contributed by atoms with Crippen LogP contribution in [0, 0.1) is 5.92 Å². The number of amides is 1. The van der Waals surface area contributed by atoms with Crippen LogP contribution in [0.5, 0.6) is 11.5 Å². The molecule has 0 aliphatic carbocycles. The number of fused-ring (bicyclic) bond motifs is 1. The molecule has 0 saturated carbocycles. The summed E-state index contributed by atoms with van der Waals surface area (Å²) < 4.78 is 38.9. The molecule has 1 N–H and O–H groups in total. The summed E-state index contributed by atoms with van der Waals surface area (Å²) in [6.45, 7) is 5.80. The molecule has 8 heteroatoms. The Kier molecular flexibility index (Phi) is 6.02. The number of sulfonamides is 1. The molecule has 0 radical (unpaired) electrons. The minimum Gasteiger partial charge on any atom is -0.497 e. The first-order valence-corrected chi connectivity index (χ1v) is 10.9. The number of para-hydroxylation sites is 2. The quantitative estimate of drug-likeness (QED) is 0.780. The van der Waals surface area contributed by atoms with Crippen LogP contribution in [0.3, 0.4) is 0 Å². The van der Waals surface area contributed by atoms with Gasteiger partial charge in [-0.3, -0.25) is 9.10 Å². The molecule has 1 heterocycles. The number of carbonyl (C=O) groups is 1. The molecule has 0 aromatic heterocycles. The molecule has 2 aromatic rings. The second-order valence-corrected chi connectivity index (χ2v) is 9.19. The van der Waals surface area contributed by atoms with Gasteiger partial charge in [0, 0.05) is 6.04 Å². The number of rotatable bonds is 6. The summed E-state index contributed by atoms with van der Waals surface area (Å²) in [6.07, 6.45) is -0.945. The zero-order valence-corrected chi connectivity index (χ0v) is 17.8. The van der Waals surface area contributed by atoms with E-state index < -0.39 is 16.1 Å². The van der Waals surface area contributed by atoms with Crippen molar-refractivity contribution in [3.8, 4) is 11.5 Å². The lowest BCUT2D eigenvalue weighted by molar-refractivity contribution is -0.128. The second kappa shape index (κ2) is 8.32. The summed E-state index contributed by atoms with van der Waals surface area (Å²) in [5, 5.41) is 2.90. The lowest BCUT2D eigenvalue weighted by atomic mass is 10.1. The number of ether oxygens (including phenoxy) is 2. The van der Waals surface area contributed by atoms with Gasteiger partial charge in [0.25, 0.3) is 15.9 Å². The summed E-state index contributed by atoms with van der Waals surface area (Å²) in [4.78, 5) is 12.9. The molecule has 2 aromatic carbocycles. The summed E-state index contributed by atoms with van der Waals surface area (Å²) in [6, 6.07) is 12.9. The van der Waals surface area contributed by atoms with E-state index in [1.54, 1.807) is 36.4 Å². The maximum Gasteiger partial charge on any atom is 0.264 e. The van der Waals surface area contributed by atoms with Crippen molar-refractivity contribution in [3.05, 3.63) is 48.5 Å². The molecule has 1 amide bonds. The third-order valence-electron chi connectivity index (χ3n) is 5.04. The molecule has 0 bridgehead atoms. The minimum absolute atomic E-state index is 0.0603. The van der Waals surface area contributed by atoms with Gasteiger partial charge >= 0.3 is 0 Å². The predicted molar refractivity (Wildman–Crippen MR) is 111 cm³/mol. The van der Waals surface area contributed by atoms with Crippen molar-refractivity contribution in [3.63, 3.8) is 0 Å². The van der Waals surface area contributed by atoms with Crippen molar-refractivity contribution in [2.45, 2.75) is 37.8 Å². The van der Waals surface area contributed by atoms with Gasteiger partial charge in [0.15, 0.2) is 6.10 Å². The first kappa shape index (κ1) is 21.0. The van der Waals surface area contributed by atoms with Gasteiger partial charge in [0.05, 0.1) is 24.2 Å². The van der Waals surface area contributed by atoms with Gasteiger partial charge in [-0.2, -0.15) is 0 Å². The molecular weight excluding hydrogens is 392 g/mol. The van der Waals surface area contributed by atoms with Gasteiger partial charge < -0.3 is 14.8 Å². The van der Waals surface area contributed by atoms with Crippen LogP contribution in [0.4, 0.5) is 5.69 Å². The van der Waals surface area contributed by atoms with E-state index in [1.807, 2.05) is 20.8 Å². The Morgan fingerprint density at radius 2 is 1.79 bits per heavy atom. The normalized spacial score (nSPS) is 17.3. The molecule has 156 valence electrons. The Bertz CT molecular complexity index is 973. The van der Waals surface area contributed by atoms with E-state index in [2.05, 4.69) is 5.32 Å². The average molecular weight is 419 g/mol. The molecule has 29 heavy (non-hydrogen) atoms. The SMILES string of the molecule is COc1ccc(S(=O)(=O)N2C[C@@H](C(=O)N[C@@H](C)C(C)C)Oc3ccccc32)cc1. The molecule has 7 nitrogen and oxygen atoms in total. The fourth-order valence-corrected chi connectivity index (χ4v) is 4.40. The van der Waals surface area contributed by atoms with Gasteiger partial charge in [-0.25, -0.2) is 8.42 Å². The van der Waals surface area contributed by atoms with E-state index in [9.17, 15) is 13.2 Å². The zero-order valence-electron chi connectivity index (χ0n) is 17.0. The van der Waals surface area contributed by atoms with Crippen molar-refractivity contribution in [1.29, 1.82) is 0 Å². The van der Waals surface area contributed by atoms with Crippen LogP contribution in [0.25, 0.3) is 0 Å². The van der Waals surface area contributed by atoms with Crippen molar-refractivity contribution in [2.24, 2.45) is 5.92 Å². The van der Waals surface area contributed by atoms with Crippen LogP contribution >= 0.6 is 0 Å². The monoisotopic (exact) mass is 418 g/mol. The molecule has 2 atom stereocenters. The highest BCUT2D eigenvalue weighted by Gasteiger charge is 2.37. The first-order valence-electron chi connectivity index (χ1n) is 9.47.